The van der Waals surface area contributed by atoms with Gasteiger partial charge >= 0.3 is 0 Å². The number of guanidine groups is 1. The monoisotopic (exact) mass is 374 g/mol. The molecule has 3 heterocycles. The number of hydrogen-bond donors (Lipinski definition) is 2. The average Bonchev–Trinajstić information content (AvgIpc) is 3.16. The molecule has 27 heavy (non-hydrogen) atoms. The minimum atomic E-state index is -0.00962. The largest absolute Gasteiger partial charge is 0.381 e. The van der Waals surface area contributed by atoms with E-state index >= 15 is 0 Å². The average molecular weight is 374 g/mol. The number of nitrogens with one attached hydrogen (secondary N) is 2. The van der Waals surface area contributed by atoms with Crippen LogP contribution in [0.4, 0.5) is 5.82 Å². The molecular weight excluding hydrogens is 344 g/mol. The number of aliphatic imine (C=N–C) groups is 1. The molecule has 0 aliphatic carbocycles. The molecule has 0 saturated carbocycles. The number of hydrogen-bond acceptors (Lipinski definition) is 5. The lowest BCUT2D eigenvalue weighted by atomic mass is 10.1. The van der Waals surface area contributed by atoms with E-state index in [-0.39, 0.29) is 18.5 Å². The summed E-state index contributed by atoms with van der Waals surface area (Å²) in [5.41, 5.74) is 0. The molecule has 8 nitrogen and oxygen atoms in total. The Hall–Kier alpha value is -2.35. The van der Waals surface area contributed by atoms with Crippen LogP contribution in [0.3, 0.4) is 0 Å². The van der Waals surface area contributed by atoms with Gasteiger partial charge in [-0.3, -0.25) is 4.79 Å². The molecule has 1 aromatic rings. The van der Waals surface area contributed by atoms with Gasteiger partial charge < -0.3 is 25.2 Å². The molecule has 0 aromatic carbocycles. The zero-order valence-corrected chi connectivity index (χ0v) is 16.2. The number of carbonyl (C=O) groups excluding carboxylic acids is 1. The van der Waals surface area contributed by atoms with Crippen LogP contribution in [0, 0.1) is 0 Å². The molecule has 0 spiro atoms. The Balaban J connectivity index is 1.60. The second kappa shape index (κ2) is 9.55. The van der Waals surface area contributed by atoms with Crippen molar-refractivity contribution in [3.63, 3.8) is 0 Å². The van der Waals surface area contributed by atoms with Gasteiger partial charge in [0.2, 0.25) is 5.91 Å². The number of anilines is 1. The van der Waals surface area contributed by atoms with Crippen LogP contribution in [0.5, 0.6) is 0 Å². The number of aromatic nitrogens is 1. The maximum Gasteiger partial charge on any atom is 0.243 e. The van der Waals surface area contributed by atoms with E-state index in [1.165, 1.54) is 0 Å². The van der Waals surface area contributed by atoms with E-state index in [9.17, 15) is 4.79 Å². The highest BCUT2D eigenvalue weighted by Crippen LogP contribution is 2.17. The van der Waals surface area contributed by atoms with E-state index in [2.05, 4.69) is 25.5 Å². The first-order chi connectivity index (χ1) is 13.1. The van der Waals surface area contributed by atoms with E-state index in [4.69, 9.17) is 4.74 Å². The smallest absolute Gasteiger partial charge is 0.243 e. The predicted molar refractivity (Wildman–Crippen MR) is 106 cm³/mol. The summed E-state index contributed by atoms with van der Waals surface area (Å²) in [7, 11) is 3.50. The number of rotatable bonds is 5. The summed E-state index contributed by atoms with van der Waals surface area (Å²) < 4.78 is 5.43. The Kier molecular flexibility index (Phi) is 6.86. The van der Waals surface area contributed by atoms with Crippen LogP contribution in [-0.4, -0.2) is 80.8 Å². The van der Waals surface area contributed by atoms with Gasteiger partial charge in [0.15, 0.2) is 5.96 Å². The van der Waals surface area contributed by atoms with Crippen molar-refractivity contribution in [3.8, 4) is 0 Å². The molecule has 2 aliphatic heterocycles. The van der Waals surface area contributed by atoms with E-state index < -0.39 is 0 Å². The van der Waals surface area contributed by atoms with Gasteiger partial charge in [0.1, 0.15) is 12.4 Å². The number of likely N-dealkylation sites (N-methyl/N-ethyl adjacent to an activating group) is 1. The molecule has 2 aliphatic rings. The normalized spacial score (nSPS) is 21.2. The standard InChI is InChI=1S/C19H30N6O2/c1-24(2)18(26)13-21-19(22-15-7-11-27-12-8-15)23-16-6-10-25(14-16)17-5-3-4-9-20-17/h3-5,9,15-16H,6-8,10-14H2,1-2H3,(H2,21,22,23). The Bertz CT molecular complexity index is 630. The zero-order chi connectivity index (χ0) is 19.1. The quantitative estimate of drug-likeness (QED) is 0.576. The van der Waals surface area contributed by atoms with E-state index in [1.807, 2.05) is 24.4 Å². The molecule has 1 aromatic heterocycles. The van der Waals surface area contributed by atoms with Crippen molar-refractivity contribution in [2.75, 3.05) is 51.8 Å². The molecule has 2 saturated heterocycles. The van der Waals surface area contributed by atoms with Crippen molar-refractivity contribution in [1.82, 2.24) is 20.5 Å². The third-order valence-corrected chi connectivity index (χ3v) is 4.94. The SMILES string of the molecule is CN(C)C(=O)CN=C(NC1CCOCC1)NC1CCN(c2ccccn2)C1. The van der Waals surface area contributed by atoms with Crippen molar-refractivity contribution in [1.29, 1.82) is 0 Å². The van der Waals surface area contributed by atoms with Crippen LogP contribution in [-0.2, 0) is 9.53 Å². The highest BCUT2D eigenvalue weighted by Gasteiger charge is 2.25. The Labute approximate surface area is 161 Å². The Morgan fingerprint density at radius 2 is 2.04 bits per heavy atom. The molecule has 2 N–H and O–H groups in total. The fourth-order valence-corrected chi connectivity index (χ4v) is 3.28. The summed E-state index contributed by atoms with van der Waals surface area (Å²) in [6.45, 7) is 3.49. The van der Waals surface area contributed by atoms with Gasteiger partial charge in [0.05, 0.1) is 0 Å². The molecule has 0 bridgehead atoms. The van der Waals surface area contributed by atoms with Crippen molar-refractivity contribution in [3.05, 3.63) is 24.4 Å². The molecule has 0 radical (unpaired) electrons. The summed E-state index contributed by atoms with van der Waals surface area (Å²) in [6.07, 6.45) is 4.73. The molecule has 8 heteroatoms. The van der Waals surface area contributed by atoms with Crippen molar-refractivity contribution in [2.45, 2.75) is 31.3 Å². The second-order valence-corrected chi connectivity index (χ2v) is 7.25. The molecule has 1 amide bonds. The van der Waals surface area contributed by atoms with Crippen LogP contribution >= 0.6 is 0 Å². The van der Waals surface area contributed by atoms with Crippen LogP contribution in [0.1, 0.15) is 19.3 Å². The third-order valence-electron chi connectivity index (χ3n) is 4.94. The van der Waals surface area contributed by atoms with Gasteiger partial charge in [-0.25, -0.2) is 9.98 Å². The van der Waals surface area contributed by atoms with Gasteiger partial charge in [-0.2, -0.15) is 0 Å². The van der Waals surface area contributed by atoms with Gasteiger partial charge in [-0.05, 0) is 31.4 Å². The highest BCUT2D eigenvalue weighted by atomic mass is 16.5. The summed E-state index contributed by atoms with van der Waals surface area (Å²) in [4.78, 5) is 24.7. The topological polar surface area (TPSA) is 82.1 Å². The number of ether oxygens (including phenoxy) is 1. The molecular formula is C19H30N6O2. The molecule has 2 fully saturated rings. The predicted octanol–water partition coefficient (Wildman–Crippen LogP) is 0.463. The third kappa shape index (κ3) is 5.82. The molecule has 1 unspecified atom stereocenters. The first-order valence-corrected chi connectivity index (χ1v) is 9.63. The van der Waals surface area contributed by atoms with Gasteiger partial charge in [0.25, 0.3) is 0 Å². The number of pyridine rings is 1. The lowest BCUT2D eigenvalue weighted by molar-refractivity contribution is -0.127. The van der Waals surface area contributed by atoms with Gasteiger partial charge in [-0.1, -0.05) is 6.07 Å². The summed E-state index contributed by atoms with van der Waals surface area (Å²) in [5, 5.41) is 7.00. The number of carbonyl (C=O) groups is 1. The lowest BCUT2D eigenvalue weighted by Gasteiger charge is -2.27. The van der Waals surface area contributed by atoms with E-state index in [0.29, 0.717) is 12.0 Å². The fourth-order valence-electron chi connectivity index (χ4n) is 3.28. The summed E-state index contributed by atoms with van der Waals surface area (Å²) in [5.74, 6) is 1.70. The maximum atomic E-state index is 11.9. The Morgan fingerprint density at radius 1 is 1.26 bits per heavy atom. The molecule has 3 rings (SSSR count). The first-order valence-electron chi connectivity index (χ1n) is 9.63. The van der Waals surface area contributed by atoms with Crippen LogP contribution in [0.15, 0.2) is 29.4 Å². The van der Waals surface area contributed by atoms with Crippen LogP contribution in [0.25, 0.3) is 0 Å². The second-order valence-electron chi connectivity index (χ2n) is 7.25. The summed E-state index contributed by atoms with van der Waals surface area (Å²) in [6, 6.07) is 6.57. The van der Waals surface area contributed by atoms with Gasteiger partial charge in [0, 0.05) is 58.7 Å². The van der Waals surface area contributed by atoms with Crippen LogP contribution in [0.2, 0.25) is 0 Å². The molecule has 148 valence electrons. The number of amides is 1. The summed E-state index contributed by atoms with van der Waals surface area (Å²) >= 11 is 0. The maximum absolute atomic E-state index is 11.9. The van der Waals surface area contributed by atoms with Crippen molar-refractivity contribution in [2.24, 2.45) is 4.99 Å². The van der Waals surface area contributed by atoms with E-state index in [0.717, 1.165) is 51.4 Å². The van der Waals surface area contributed by atoms with Crippen molar-refractivity contribution >= 4 is 17.7 Å². The van der Waals surface area contributed by atoms with E-state index in [1.54, 1.807) is 19.0 Å². The minimum Gasteiger partial charge on any atom is -0.381 e. The van der Waals surface area contributed by atoms with Crippen molar-refractivity contribution < 1.29 is 9.53 Å². The van der Waals surface area contributed by atoms with Crippen LogP contribution < -0.4 is 15.5 Å². The van der Waals surface area contributed by atoms with Gasteiger partial charge in [-0.15, -0.1) is 0 Å². The minimum absolute atomic E-state index is 0.00962. The zero-order valence-electron chi connectivity index (χ0n) is 16.2. The Morgan fingerprint density at radius 3 is 2.74 bits per heavy atom. The number of nitrogens with zero attached hydrogens (tertiary/aromatic N) is 4. The first kappa shape index (κ1) is 19.4. The fraction of sp³-hybridized carbons (Fsp3) is 0.632. The highest BCUT2D eigenvalue weighted by molar-refractivity contribution is 5.85. The molecule has 1 atom stereocenters. The lowest BCUT2D eigenvalue weighted by Crippen LogP contribution is -2.50.